The molecule has 4 rings (SSSR count). The molecule has 0 radical (unpaired) electrons. The van der Waals surface area contributed by atoms with Crippen LogP contribution in [0.25, 0.3) is 0 Å². The number of carbonyl (C=O) groups excluding carboxylic acids is 1. The third kappa shape index (κ3) is 4.59. The van der Waals surface area contributed by atoms with E-state index in [-0.39, 0.29) is 17.9 Å². The van der Waals surface area contributed by atoms with Crippen molar-refractivity contribution in [1.29, 1.82) is 0 Å². The molecule has 2 fully saturated rings. The molecule has 0 aromatic heterocycles. The number of ether oxygens (including phenoxy) is 3. The van der Waals surface area contributed by atoms with Crippen LogP contribution in [0.15, 0.2) is 18.2 Å². The second-order valence-electron chi connectivity index (χ2n) is 7.86. The molecule has 7 nitrogen and oxygen atoms in total. The van der Waals surface area contributed by atoms with Crippen molar-refractivity contribution in [3.8, 4) is 11.5 Å². The van der Waals surface area contributed by atoms with Crippen molar-refractivity contribution in [1.82, 2.24) is 10.2 Å². The van der Waals surface area contributed by atoms with Crippen LogP contribution in [0, 0.1) is 5.92 Å². The van der Waals surface area contributed by atoms with Gasteiger partial charge in [0.2, 0.25) is 5.91 Å². The van der Waals surface area contributed by atoms with Gasteiger partial charge in [-0.05, 0) is 56.5 Å². The van der Waals surface area contributed by atoms with Crippen LogP contribution in [0.2, 0.25) is 0 Å². The van der Waals surface area contributed by atoms with E-state index in [9.17, 15) is 9.90 Å². The summed E-state index contributed by atoms with van der Waals surface area (Å²) in [5.74, 6) is 1.33. The Morgan fingerprint density at radius 3 is 2.57 bits per heavy atom. The summed E-state index contributed by atoms with van der Waals surface area (Å²) < 4.78 is 16.6. The number of nitrogens with one attached hydrogen (secondary N) is 1. The zero-order valence-corrected chi connectivity index (χ0v) is 16.3. The van der Waals surface area contributed by atoms with Gasteiger partial charge in [-0.2, -0.15) is 0 Å². The van der Waals surface area contributed by atoms with Crippen molar-refractivity contribution in [2.45, 2.75) is 37.8 Å². The van der Waals surface area contributed by atoms with Crippen LogP contribution >= 0.6 is 0 Å². The summed E-state index contributed by atoms with van der Waals surface area (Å²) in [4.78, 5) is 15.1. The Labute approximate surface area is 165 Å². The van der Waals surface area contributed by atoms with Gasteiger partial charge in [0.1, 0.15) is 19.3 Å². The lowest BCUT2D eigenvalue weighted by Gasteiger charge is -2.31. The summed E-state index contributed by atoms with van der Waals surface area (Å²) in [5, 5.41) is 14.3. The first kappa shape index (κ1) is 19.5. The lowest BCUT2D eigenvalue weighted by molar-refractivity contribution is -0.129. The quantitative estimate of drug-likeness (QED) is 0.766. The van der Waals surface area contributed by atoms with Gasteiger partial charge in [-0.3, -0.25) is 4.79 Å². The molecule has 0 aliphatic carbocycles. The Morgan fingerprint density at radius 2 is 1.82 bits per heavy atom. The minimum Gasteiger partial charge on any atom is -0.486 e. The standard InChI is InChI=1S/C21H30N2O5/c24-20(16-3-4-18-19(13-16)28-12-11-27-18)17(14-23-7-1-2-8-23)22-21(25)15-5-9-26-10-6-15/h3-4,13,15,17,20,24H,1-2,5-12,14H2,(H,22,25)/t17-,20-/m1/s1. The van der Waals surface area contributed by atoms with Crippen molar-refractivity contribution in [2.24, 2.45) is 5.92 Å². The highest BCUT2D eigenvalue weighted by Gasteiger charge is 2.30. The number of hydrogen-bond donors (Lipinski definition) is 2. The number of fused-ring (bicyclic) bond motifs is 1. The van der Waals surface area contributed by atoms with Gasteiger partial charge >= 0.3 is 0 Å². The van der Waals surface area contributed by atoms with Crippen LogP contribution < -0.4 is 14.8 Å². The number of amides is 1. The zero-order valence-electron chi connectivity index (χ0n) is 16.3. The van der Waals surface area contributed by atoms with Crippen LogP contribution in [0.3, 0.4) is 0 Å². The maximum atomic E-state index is 12.8. The van der Waals surface area contributed by atoms with Gasteiger partial charge in [0.05, 0.1) is 6.04 Å². The van der Waals surface area contributed by atoms with Crippen molar-refractivity contribution in [3.05, 3.63) is 23.8 Å². The number of carbonyl (C=O) groups is 1. The lowest BCUT2D eigenvalue weighted by Crippen LogP contribution is -2.49. The van der Waals surface area contributed by atoms with Gasteiger partial charge in [-0.25, -0.2) is 0 Å². The SMILES string of the molecule is O=C(N[C@H](CN1CCCC1)[C@H](O)c1ccc2c(c1)OCCO2)C1CCOCC1. The predicted octanol–water partition coefficient (Wildman–Crippen LogP) is 1.50. The molecule has 1 amide bonds. The summed E-state index contributed by atoms with van der Waals surface area (Å²) in [6.45, 7) is 4.95. The Morgan fingerprint density at radius 1 is 1.11 bits per heavy atom. The van der Waals surface area contributed by atoms with E-state index >= 15 is 0 Å². The van der Waals surface area contributed by atoms with E-state index in [4.69, 9.17) is 14.2 Å². The number of aliphatic hydroxyl groups excluding tert-OH is 1. The van der Waals surface area contributed by atoms with Crippen molar-refractivity contribution < 1.29 is 24.1 Å². The van der Waals surface area contributed by atoms with Crippen molar-refractivity contribution >= 4 is 5.91 Å². The van der Waals surface area contributed by atoms with Gasteiger partial charge < -0.3 is 29.5 Å². The maximum absolute atomic E-state index is 12.8. The molecule has 154 valence electrons. The molecule has 2 saturated heterocycles. The number of likely N-dealkylation sites (tertiary alicyclic amines) is 1. The van der Waals surface area contributed by atoms with Gasteiger partial charge in [0, 0.05) is 25.7 Å². The number of benzene rings is 1. The molecule has 2 N–H and O–H groups in total. The van der Waals surface area contributed by atoms with Crippen LogP contribution in [0.1, 0.15) is 37.4 Å². The maximum Gasteiger partial charge on any atom is 0.223 e. The van der Waals surface area contributed by atoms with E-state index in [1.54, 1.807) is 0 Å². The molecule has 2 atom stereocenters. The number of aliphatic hydroxyl groups is 1. The number of rotatable bonds is 6. The van der Waals surface area contributed by atoms with Gasteiger partial charge in [-0.1, -0.05) is 6.07 Å². The van der Waals surface area contributed by atoms with Gasteiger partial charge in [0.15, 0.2) is 11.5 Å². The Bertz CT molecular complexity index is 671. The summed E-state index contributed by atoms with van der Waals surface area (Å²) in [6, 6.07) is 5.16. The molecule has 3 heterocycles. The van der Waals surface area contributed by atoms with E-state index in [0.717, 1.165) is 31.5 Å². The Balaban J connectivity index is 1.49. The van der Waals surface area contributed by atoms with E-state index in [1.807, 2.05) is 18.2 Å². The molecule has 3 aliphatic heterocycles. The highest BCUT2D eigenvalue weighted by molar-refractivity contribution is 5.79. The first-order valence-corrected chi connectivity index (χ1v) is 10.4. The fourth-order valence-corrected chi connectivity index (χ4v) is 4.20. The van der Waals surface area contributed by atoms with Crippen molar-refractivity contribution in [3.63, 3.8) is 0 Å². The van der Waals surface area contributed by atoms with Crippen LogP contribution in [0.5, 0.6) is 11.5 Å². The third-order valence-electron chi connectivity index (χ3n) is 5.86. The molecular formula is C21H30N2O5. The molecule has 0 unspecified atom stereocenters. The highest BCUT2D eigenvalue weighted by atomic mass is 16.6. The van der Waals surface area contributed by atoms with Gasteiger partial charge in [0.25, 0.3) is 0 Å². The molecule has 1 aromatic rings. The number of nitrogens with zero attached hydrogens (tertiary/aromatic N) is 1. The molecule has 7 heteroatoms. The van der Waals surface area contributed by atoms with Crippen LogP contribution in [-0.2, 0) is 9.53 Å². The van der Waals surface area contributed by atoms with Crippen LogP contribution in [0.4, 0.5) is 0 Å². The summed E-state index contributed by atoms with van der Waals surface area (Å²) >= 11 is 0. The topological polar surface area (TPSA) is 80.3 Å². The molecular weight excluding hydrogens is 360 g/mol. The summed E-state index contributed by atoms with van der Waals surface area (Å²) in [6.07, 6.45) is 3.01. The van der Waals surface area contributed by atoms with E-state index < -0.39 is 6.10 Å². The summed E-state index contributed by atoms with van der Waals surface area (Å²) in [5.41, 5.74) is 0.737. The Kier molecular flexibility index (Phi) is 6.34. The molecule has 3 aliphatic rings. The average molecular weight is 390 g/mol. The second-order valence-corrected chi connectivity index (χ2v) is 7.86. The minimum atomic E-state index is -0.805. The predicted molar refractivity (Wildman–Crippen MR) is 104 cm³/mol. The monoisotopic (exact) mass is 390 g/mol. The number of hydrogen-bond acceptors (Lipinski definition) is 6. The fraction of sp³-hybridized carbons (Fsp3) is 0.667. The largest absolute Gasteiger partial charge is 0.486 e. The highest BCUT2D eigenvalue weighted by Crippen LogP contribution is 2.33. The molecule has 0 saturated carbocycles. The third-order valence-corrected chi connectivity index (χ3v) is 5.86. The molecule has 28 heavy (non-hydrogen) atoms. The smallest absolute Gasteiger partial charge is 0.223 e. The molecule has 0 spiro atoms. The first-order chi connectivity index (χ1) is 13.7. The van der Waals surface area contributed by atoms with Gasteiger partial charge in [-0.15, -0.1) is 0 Å². The summed E-state index contributed by atoms with van der Waals surface area (Å²) in [7, 11) is 0. The molecule has 1 aromatic carbocycles. The second kappa shape index (κ2) is 9.11. The van der Waals surface area contributed by atoms with E-state index in [0.29, 0.717) is 44.5 Å². The minimum absolute atomic E-state index is 0.0177. The zero-order chi connectivity index (χ0) is 19.3. The first-order valence-electron chi connectivity index (χ1n) is 10.4. The lowest BCUT2D eigenvalue weighted by atomic mass is 9.96. The fourth-order valence-electron chi connectivity index (χ4n) is 4.20. The Hall–Kier alpha value is -1.83. The van der Waals surface area contributed by atoms with E-state index in [2.05, 4.69) is 10.2 Å². The van der Waals surface area contributed by atoms with Crippen LogP contribution in [-0.4, -0.2) is 68.0 Å². The normalized spacial score (nSPS) is 22.6. The van der Waals surface area contributed by atoms with E-state index in [1.165, 1.54) is 12.8 Å². The van der Waals surface area contributed by atoms with Crippen molar-refractivity contribution in [2.75, 3.05) is 46.1 Å². The molecule has 0 bridgehead atoms. The average Bonchev–Trinajstić information content (AvgIpc) is 3.26.